The second-order valence-electron chi connectivity index (χ2n) is 9.57. The summed E-state index contributed by atoms with van der Waals surface area (Å²) in [6.45, 7) is 2.63. The van der Waals surface area contributed by atoms with Crippen LogP contribution in [0.15, 0.2) is 61.6 Å². The van der Waals surface area contributed by atoms with Gasteiger partial charge in [0.25, 0.3) is 5.91 Å². The maximum atomic E-state index is 14.0. The van der Waals surface area contributed by atoms with Gasteiger partial charge in [0.1, 0.15) is 5.82 Å². The van der Waals surface area contributed by atoms with E-state index in [0.29, 0.717) is 41.0 Å². The third-order valence-electron chi connectivity index (χ3n) is 6.99. The minimum Gasteiger partial charge on any atom is -0.333 e. The van der Waals surface area contributed by atoms with E-state index in [1.807, 2.05) is 13.0 Å². The molecule has 0 unspecified atom stereocenters. The SMILES string of the molecule is CCc1cnc2ccnc(N3CCc4c(cc(Cn5ccnc5)cc4-c4cn(C)nc4C(F)(F)F)C3=O)c2c1. The second kappa shape index (κ2) is 9.33. The molecule has 39 heavy (non-hydrogen) atoms. The van der Waals surface area contributed by atoms with Crippen LogP contribution in [0.25, 0.3) is 22.0 Å². The molecule has 1 aliphatic heterocycles. The van der Waals surface area contributed by atoms with E-state index < -0.39 is 11.9 Å². The number of pyridine rings is 2. The molecular formula is C28H24F3N7O. The lowest BCUT2D eigenvalue weighted by atomic mass is 9.88. The maximum Gasteiger partial charge on any atom is 0.435 e. The quantitative estimate of drug-likeness (QED) is 0.317. The Kier molecular flexibility index (Phi) is 5.93. The molecular weight excluding hydrogens is 507 g/mol. The van der Waals surface area contributed by atoms with Crippen LogP contribution < -0.4 is 4.90 Å². The number of fused-ring (bicyclic) bond motifs is 2. The molecule has 0 bridgehead atoms. The summed E-state index contributed by atoms with van der Waals surface area (Å²) in [4.78, 5) is 28.8. The molecule has 11 heteroatoms. The van der Waals surface area contributed by atoms with Crippen LogP contribution >= 0.6 is 0 Å². The summed E-state index contributed by atoms with van der Waals surface area (Å²) in [5.41, 5.74) is 2.66. The van der Waals surface area contributed by atoms with Gasteiger partial charge in [0, 0.05) is 67.6 Å². The molecule has 0 radical (unpaired) electrons. The molecule has 0 spiro atoms. The molecule has 0 saturated heterocycles. The molecule has 0 atom stereocenters. The van der Waals surface area contributed by atoms with Crippen molar-refractivity contribution in [1.82, 2.24) is 29.3 Å². The lowest BCUT2D eigenvalue weighted by Crippen LogP contribution is -2.38. The van der Waals surface area contributed by atoms with Gasteiger partial charge in [0.15, 0.2) is 5.69 Å². The van der Waals surface area contributed by atoms with Crippen LogP contribution in [-0.4, -0.2) is 41.8 Å². The summed E-state index contributed by atoms with van der Waals surface area (Å²) in [6.07, 6.45) is 6.28. The number of anilines is 1. The molecule has 0 saturated carbocycles. The summed E-state index contributed by atoms with van der Waals surface area (Å²) in [7, 11) is 1.46. The van der Waals surface area contributed by atoms with E-state index in [0.717, 1.165) is 27.6 Å². The molecule has 0 aliphatic carbocycles. The normalized spacial score (nSPS) is 13.8. The van der Waals surface area contributed by atoms with Crippen LogP contribution in [0, 0.1) is 0 Å². The van der Waals surface area contributed by atoms with Gasteiger partial charge in [-0.1, -0.05) is 6.92 Å². The number of hydrogen-bond acceptors (Lipinski definition) is 5. The summed E-state index contributed by atoms with van der Waals surface area (Å²) in [5, 5.41) is 4.47. The van der Waals surface area contributed by atoms with Crippen molar-refractivity contribution in [3.8, 4) is 11.1 Å². The highest BCUT2D eigenvalue weighted by Gasteiger charge is 2.39. The molecule has 8 nitrogen and oxygen atoms in total. The van der Waals surface area contributed by atoms with E-state index in [1.54, 1.807) is 58.8 Å². The number of benzene rings is 1. The monoisotopic (exact) mass is 531 g/mol. The number of rotatable bonds is 5. The standard InChI is InChI=1S/C28H24F3N7O/c1-3-17-10-22-24(34-13-17)4-6-33-26(22)38-8-5-19-20(23-15-36(2)35-25(23)28(29,30)31)11-18(12-21(19)27(38)39)14-37-9-7-32-16-37/h4,6-7,9-13,15-16H,3,5,8,14H2,1-2H3. The second-order valence-corrected chi connectivity index (χ2v) is 9.57. The van der Waals surface area contributed by atoms with Gasteiger partial charge in [0.2, 0.25) is 0 Å². The Morgan fingerprint density at radius 3 is 2.59 bits per heavy atom. The largest absolute Gasteiger partial charge is 0.435 e. The van der Waals surface area contributed by atoms with Gasteiger partial charge in [-0.3, -0.25) is 19.4 Å². The Morgan fingerprint density at radius 2 is 1.85 bits per heavy atom. The molecule has 4 aromatic heterocycles. The van der Waals surface area contributed by atoms with Gasteiger partial charge >= 0.3 is 6.18 Å². The zero-order valence-electron chi connectivity index (χ0n) is 21.3. The summed E-state index contributed by atoms with van der Waals surface area (Å²) in [5.74, 6) is 0.175. The van der Waals surface area contributed by atoms with E-state index in [2.05, 4.69) is 20.1 Å². The van der Waals surface area contributed by atoms with Crippen molar-refractivity contribution < 1.29 is 18.0 Å². The molecule has 0 N–H and O–H groups in total. The van der Waals surface area contributed by atoms with Crippen LogP contribution in [0.2, 0.25) is 0 Å². The Labute approximate surface area is 221 Å². The Morgan fingerprint density at radius 1 is 1.03 bits per heavy atom. The number of alkyl halides is 3. The van der Waals surface area contributed by atoms with Gasteiger partial charge in [-0.05, 0) is 59.4 Å². The number of nitrogens with zero attached hydrogens (tertiary/aromatic N) is 7. The van der Waals surface area contributed by atoms with Crippen molar-refractivity contribution in [3.05, 3.63) is 89.5 Å². The van der Waals surface area contributed by atoms with Crippen molar-refractivity contribution >= 4 is 22.6 Å². The predicted molar refractivity (Wildman–Crippen MR) is 139 cm³/mol. The van der Waals surface area contributed by atoms with Gasteiger partial charge in [-0.2, -0.15) is 18.3 Å². The summed E-state index contributed by atoms with van der Waals surface area (Å²) < 4.78 is 44.9. The van der Waals surface area contributed by atoms with Crippen LogP contribution in [-0.2, 0) is 32.6 Å². The molecule has 1 amide bonds. The van der Waals surface area contributed by atoms with Gasteiger partial charge < -0.3 is 4.57 Å². The maximum absolute atomic E-state index is 14.0. The Balaban J connectivity index is 1.52. The van der Waals surface area contributed by atoms with E-state index in [4.69, 9.17) is 0 Å². The number of carbonyl (C=O) groups excluding carboxylic acids is 1. The first-order valence-corrected chi connectivity index (χ1v) is 12.5. The summed E-state index contributed by atoms with van der Waals surface area (Å²) in [6, 6.07) is 7.27. The van der Waals surface area contributed by atoms with Gasteiger partial charge in [-0.25, -0.2) is 9.97 Å². The highest BCUT2D eigenvalue weighted by Crippen LogP contribution is 2.40. The van der Waals surface area contributed by atoms with Crippen molar-refractivity contribution in [3.63, 3.8) is 0 Å². The van der Waals surface area contributed by atoms with E-state index in [-0.39, 0.29) is 18.0 Å². The zero-order valence-corrected chi connectivity index (χ0v) is 21.3. The molecule has 198 valence electrons. The average Bonchev–Trinajstić information content (AvgIpc) is 3.58. The first-order chi connectivity index (χ1) is 18.7. The molecule has 1 aliphatic rings. The lowest BCUT2D eigenvalue weighted by molar-refractivity contribution is -0.140. The Hall–Kier alpha value is -4.54. The lowest BCUT2D eigenvalue weighted by Gasteiger charge is -2.30. The number of hydrogen-bond donors (Lipinski definition) is 0. The highest BCUT2D eigenvalue weighted by molar-refractivity contribution is 6.12. The molecule has 6 rings (SSSR count). The third kappa shape index (κ3) is 4.43. The number of halogens is 3. The van der Waals surface area contributed by atoms with Crippen LogP contribution in [0.4, 0.5) is 19.0 Å². The first-order valence-electron chi connectivity index (χ1n) is 12.5. The average molecular weight is 532 g/mol. The zero-order chi connectivity index (χ0) is 27.3. The van der Waals surface area contributed by atoms with Gasteiger partial charge in [0.05, 0.1) is 11.8 Å². The fourth-order valence-electron chi connectivity index (χ4n) is 5.17. The van der Waals surface area contributed by atoms with Crippen LogP contribution in [0.5, 0.6) is 0 Å². The first kappa shape index (κ1) is 24.8. The topological polar surface area (TPSA) is 81.7 Å². The number of aryl methyl sites for hydroxylation is 2. The third-order valence-corrected chi connectivity index (χ3v) is 6.99. The molecule has 0 fully saturated rings. The minimum atomic E-state index is -4.65. The van der Waals surface area contributed by atoms with Crippen molar-refractivity contribution in [1.29, 1.82) is 0 Å². The van der Waals surface area contributed by atoms with E-state index in [1.165, 1.54) is 13.2 Å². The number of carbonyl (C=O) groups is 1. The minimum absolute atomic E-state index is 0.0462. The van der Waals surface area contributed by atoms with E-state index in [9.17, 15) is 18.0 Å². The predicted octanol–water partition coefficient (Wildman–Crippen LogP) is 5.06. The molecule has 1 aromatic carbocycles. The summed E-state index contributed by atoms with van der Waals surface area (Å²) >= 11 is 0. The van der Waals surface area contributed by atoms with Crippen molar-refractivity contribution in [2.24, 2.45) is 7.05 Å². The van der Waals surface area contributed by atoms with Gasteiger partial charge in [-0.15, -0.1) is 0 Å². The van der Waals surface area contributed by atoms with Crippen LogP contribution in [0.1, 0.15) is 39.7 Å². The fraction of sp³-hybridized carbons (Fsp3) is 0.250. The molecule has 5 aromatic rings. The highest BCUT2D eigenvalue weighted by atomic mass is 19.4. The van der Waals surface area contributed by atoms with Crippen LogP contribution in [0.3, 0.4) is 0 Å². The number of amides is 1. The van der Waals surface area contributed by atoms with Crippen molar-refractivity contribution in [2.75, 3.05) is 11.4 Å². The number of imidazole rings is 1. The van der Waals surface area contributed by atoms with Crippen molar-refractivity contribution in [2.45, 2.75) is 32.5 Å². The Bertz CT molecular complexity index is 1710. The number of aromatic nitrogens is 6. The fourth-order valence-corrected chi connectivity index (χ4v) is 5.17. The molecule has 5 heterocycles. The van der Waals surface area contributed by atoms with E-state index >= 15 is 0 Å². The smallest absolute Gasteiger partial charge is 0.333 e.